The van der Waals surface area contributed by atoms with Crippen LogP contribution in [-0.4, -0.2) is 9.97 Å². The maximum absolute atomic E-state index is 4.42. The lowest BCUT2D eigenvalue weighted by molar-refractivity contribution is 0.203. The molecule has 1 fully saturated rings. The van der Waals surface area contributed by atoms with Crippen LogP contribution < -0.4 is 0 Å². The Morgan fingerprint density at radius 2 is 2.21 bits per heavy atom. The van der Waals surface area contributed by atoms with Crippen LogP contribution in [0.2, 0.25) is 0 Å². The van der Waals surface area contributed by atoms with E-state index in [4.69, 9.17) is 0 Å². The number of aromatic nitrogens is 2. The van der Waals surface area contributed by atoms with Gasteiger partial charge in [-0.1, -0.05) is 58.8 Å². The average molecular weight is 262 g/mol. The molecule has 0 spiro atoms. The Labute approximate surface area is 118 Å². The van der Waals surface area contributed by atoms with Crippen molar-refractivity contribution in [2.75, 3.05) is 0 Å². The number of hydrogen-bond acceptors (Lipinski definition) is 1. The van der Waals surface area contributed by atoms with E-state index < -0.39 is 0 Å². The average Bonchev–Trinajstić information content (AvgIpc) is 2.91. The zero-order chi connectivity index (χ0) is 13.5. The predicted octanol–water partition coefficient (Wildman–Crippen LogP) is 4.98. The monoisotopic (exact) mass is 262 g/mol. The van der Waals surface area contributed by atoms with Crippen molar-refractivity contribution in [3.63, 3.8) is 0 Å². The maximum atomic E-state index is 4.42. The fourth-order valence-corrected chi connectivity index (χ4v) is 3.65. The summed E-state index contributed by atoms with van der Waals surface area (Å²) < 4.78 is 0. The molecule has 108 valence electrons. The van der Waals surface area contributed by atoms with E-state index in [0.717, 1.165) is 24.2 Å². The number of nitrogens with zero attached hydrogens (tertiary/aromatic N) is 1. The van der Waals surface area contributed by atoms with Crippen molar-refractivity contribution in [2.45, 2.75) is 71.6 Å². The Morgan fingerprint density at radius 3 is 2.89 bits per heavy atom. The Hall–Kier alpha value is -0.790. The van der Waals surface area contributed by atoms with Crippen LogP contribution in [0.1, 0.15) is 71.0 Å². The van der Waals surface area contributed by atoms with Crippen LogP contribution in [0.15, 0.2) is 12.4 Å². The van der Waals surface area contributed by atoms with Gasteiger partial charge in [0.25, 0.3) is 0 Å². The number of hydrogen-bond donors (Lipinski definition) is 1. The third-order valence-corrected chi connectivity index (χ3v) is 4.93. The van der Waals surface area contributed by atoms with Crippen molar-refractivity contribution in [1.82, 2.24) is 9.97 Å². The summed E-state index contributed by atoms with van der Waals surface area (Å²) in [4.78, 5) is 7.70. The molecule has 0 amide bonds. The van der Waals surface area contributed by atoms with E-state index in [-0.39, 0.29) is 0 Å². The lowest BCUT2D eigenvalue weighted by Crippen LogP contribution is -2.21. The first-order valence-corrected chi connectivity index (χ1v) is 8.27. The summed E-state index contributed by atoms with van der Waals surface area (Å²) in [5.41, 5.74) is 0. The third kappa shape index (κ3) is 4.67. The molecule has 2 nitrogen and oxygen atoms in total. The summed E-state index contributed by atoms with van der Waals surface area (Å²) in [6.45, 7) is 4.76. The Morgan fingerprint density at radius 1 is 1.37 bits per heavy atom. The molecule has 1 aromatic heterocycles. The summed E-state index contributed by atoms with van der Waals surface area (Å²) in [6.07, 6.45) is 16.3. The van der Waals surface area contributed by atoms with Crippen molar-refractivity contribution in [1.29, 1.82) is 0 Å². The fourth-order valence-electron chi connectivity index (χ4n) is 3.65. The summed E-state index contributed by atoms with van der Waals surface area (Å²) in [7, 11) is 0. The van der Waals surface area contributed by atoms with Crippen molar-refractivity contribution in [3.8, 4) is 0 Å². The topological polar surface area (TPSA) is 28.7 Å². The van der Waals surface area contributed by atoms with E-state index in [1.165, 1.54) is 57.2 Å². The molecule has 3 atom stereocenters. The zero-order valence-corrected chi connectivity index (χ0v) is 12.7. The first-order valence-electron chi connectivity index (χ1n) is 8.27. The number of nitrogens with one attached hydrogen (secondary N) is 1. The van der Waals surface area contributed by atoms with Crippen molar-refractivity contribution in [3.05, 3.63) is 18.2 Å². The lowest BCUT2D eigenvalue weighted by atomic mass is 9.74. The molecule has 1 aliphatic carbocycles. The SMILES string of the molecule is CCCCC(Cc1ncc[nH]1)CC1CCCCC1C. The van der Waals surface area contributed by atoms with Gasteiger partial charge in [-0.3, -0.25) is 0 Å². The van der Waals surface area contributed by atoms with Gasteiger partial charge in [-0.15, -0.1) is 0 Å². The number of H-pyrrole nitrogens is 1. The van der Waals surface area contributed by atoms with E-state index in [0.29, 0.717) is 0 Å². The van der Waals surface area contributed by atoms with E-state index in [1.54, 1.807) is 0 Å². The minimum Gasteiger partial charge on any atom is -0.349 e. The van der Waals surface area contributed by atoms with Gasteiger partial charge in [0.05, 0.1) is 0 Å². The van der Waals surface area contributed by atoms with Crippen molar-refractivity contribution < 1.29 is 0 Å². The van der Waals surface area contributed by atoms with Gasteiger partial charge < -0.3 is 4.98 Å². The van der Waals surface area contributed by atoms with Crippen LogP contribution in [0.5, 0.6) is 0 Å². The molecule has 1 aliphatic rings. The molecule has 0 saturated heterocycles. The highest BCUT2D eigenvalue weighted by Crippen LogP contribution is 2.35. The molecular formula is C17H30N2. The van der Waals surface area contributed by atoms with E-state index in [1.807, 2.05) is 12.4 Å². The highest BCUT2D eigenvalue weighted by Gasteiger charge is 2.24. The van der Waals surface area contributed by atoms with Crippen LogP contribution >= 0.6 is 0 Å². The standard InChI is InChI=1S/C17H30N2/c1-3-4-8-15(13-17-18-10-11-19-17)12-16-9-6-5-7-14(16)2/h10-11,14-16H,3-9,12-13H2,1-2H3,(H,18,19). The lowest BCUT2D eigenvalue weighted by Gasteiger charge is -2.31. The van der Waals surface area contributed by atoms with Gasteiger partial charge in [0, 0.05) is 18.8 Å². The van der Waals surface area contributed by atoms with E-state index in [2.05, 4.69) is 23.8 Å². The summed E-state index contributed by atoms with van der Waals surface area (Å²) in [6, 6.07) is 0. The van der Waals surface area contributed by atoms with Gasteiger partial charge in [-0.2, -0.15) is 0 Å². The molecule has 0 bridgehead atoms. The summed E-state index contributed by atoms with van der Waals surface area (Å²) >= 11 is 0. The van der Waals surface area contributed by atoms with Gasteiger partial charge in [-0.25, -0.2) is 4.98 Å². The van der Waals surface area contributed by atoms with Crippen LogP contribution in [0.25, 0.3) is 0 Å². The molecular weight excluding hydrogens is 232 g/mol. The first kappa shape index (κ1) is 14.6. The Balaban J connectivity index is 1.88. The zero-order valence-electron chi connectivity index (χ0n) is 12.7. The second-order valence-corrected chi connectivity index (χ2v) is 6.51. The molecule has 2 heteroatoms. The van der Waals surface area contributed by atoms with Crippen LogP contribution in [-0.2, 0) is 6.42 Å². The normalized spacial score (nSPS) is 25.4. The molecule has 3 unspecified atom stereocenters. The van der Waals surface area contributed by atoms with Gasteiger partial charge in [0.2, 0.25) is 0 Å². The molecule has 0 aliphatic heterocycles. The van der Waals surface area contributed by atoms with Crippen LogP contribution in [0, 0.1) is 17.8 Å². The Bertz CT molecular complexity index is 331. The second-order valence-electron chi connectivity index (χ2n) is 6.51. The minimum absolute atomic E-state index is 0.830. The summed E-state index contributed by atoms with van der Waals surface area (Å²) in [5.74, 6) is 3.92. The first-order chi connectivity index (χ1) is 9.29. The summed E-state index contributed by atoms with van der Waals surface area (Å²) in [5, 5.41) is 0. The third-order valence-electron chi connectivity index (χ3n) is 4.93. The molecule has 0 aromatic carbocycles. The van der Waals surface area contributed by atoms with Gasteiger partial charge in [-0.05, 0) is 24.2 Å². The Kier molecular flexibility index (Phi) is 5.93. The van der Waals surface area contributed by atoms with Crippen molar-refractivity contribution >= 4 is 0 Å². The predicted molar refractivity (Wildman–Crippen MR) is 81.0 cm³/mol. The smallest absolute Gasteiger partial charge is 0.106 e. The molecule has 19 heavy (non-hydrogen) atoms. The van der Waals surface area contributed by atoms with E-state index >= 15 is 0 Å². The molecule has 2 rings (SSSR count). The quantitative estimate of drug-likeness (QED) is 0.738. The van der Waals surface area contributed by atoms with Gasteiger partial charge in [0.15, 0.2) is 0 Å². The number of unbranched alkanes of at least 4 members (excludes halogenated alkanes) is 1. The minimum atomic E-state index is 0.830. The number of imidazole rings is 1. The fraction of sp³-hybridized carbons (Fsp3) is 0.824. The highest BCUT2D eigenvalue weighted by molar-refractivity contribution is 4.90. The molecule has 1 N–H and O–H groups in total. The second kappa shape index (κ2) is 7.72. The maximum Gasteiger partial charge on any atom is 0.106 e. The van der Waals surface area contributed by atoms with Crippen LogP contribution in [0.3, 0.4) is 0 Å². The molecule has 1 aromatic rings. The molecule has 1 saturated carbocycles. The van der Waals surface area contributed by atoms with Crippen LogP contribution in [0.4, 0.5) is 0 Å². The highest BCUT2D eigenvalue weighted by atomic mass is 14.9. The van der Waals surface area contributed by atoms with E-state index in [9.17, 15) is 0 Å². The molecule has 0 radical (unpaired) electrons. The molecule has 1 heterocycles. The van der Waals surface area contributed by atoms with Gasteiger partial charge in [0.1, 0.15) is 5.82 Å². The van der Waals surface area contributed by atoms with Gasteiger partial charge >= 0.3 is 0 Å². The number of aromatic amines is 1. The number of rotatable bonds is 7. The largest absolute Gasteiger partial charge is 0.349 e. The van der Waals surface area contributed by atoms with Crippen molar-refractivity contribution in [2.24, 2.45) is 17.8 Å².